The molecule has 0 bridgehead atoms. The van der Waals surface area contributed by atoms with Gasteiger partial charge in [-0.2, -0.15) is 0 Å². The lowest BCUT2D eigenvalue weighted by atomic mass is 9.72. The molecule has 3 unspecified atom stereocenters. The monoisotopic (exact) mass is 267 g/mol. The first kappa shape index (κ1) is 14.9. The first-order chi connectivity index (χ1) is 9.22. The van der Waals surface area contributed by atoms with E-state index in [0.717, 1.165) is 44.8 Å². The first-order valence-corrected chi connectivity index (χ1v) is 7.83. The zero-order chi connectivity index (χ0) is 13.7. The third kappa shape index (κ3) is 3.32. The summed E-state index contributed by atoms with van der Waals surface area (Å²) in [5.41, 5.74) is 1.35. The van der Waals surface area contributed by atoms with Gasteiger partial charge in [0.1, 0.15) is 0 Å². The number of nitrogens with one attached hydrogen (secondary N) is 1. The molecule has 2 aliphatic rings. The van der Waals surface area contributed by atoms with Crippen LogP contribution in [0.1, 0.15) is 52.4 Å². The van der Waals surface area contributed by atoms with Crippen molar-refractivity contribution in [2.75, 3.05) is 20.3 Å². The molecule has 0 aromatic carbocycles. The van der Waals surface area contributed by atoms with Crippen molar-refractivity contribution in [2.45, 2.75) is 64.0 Å². The van der Waals surface area contributed by atoms with Crippen LogP contribution in [0.3, 0.4) is 0 Å². The van der Waals surface area contributed by atoms with Crippen LogP contribution in [0.4, 0.5) is 0 Å². The lowest BCUT2D eigenvalue weighted by molar-refractivity contribution is -0.0929. The minimum atomic E-state index is -0.0340. The van der Waals surface area contributed by atoms with E-state index in [-0.39, 0.29) is 5.60 Å². The maximum absolute atomic E-state index is 6.29. The molecule has 0 spiro atoms. The van der Waals surface area contributed by atoms with Gasteiger partial charge in [-0.05, 0) is 51.1 Å². The third-order valence-electron chi connectivity index (χ3n) is 4.57. The minimum absolute atomic E-state index is 0.0340. The predicted molar refractivity (Wildman–Crippen MR) is 78.1 cm³/mol. The molecule has 0 aromatic rings. The summed E-state index contributed by atoms with van der Waals surface area (Å²) >= 11 is 0. The van der Waals surface area contributed by atoms with Crippen LogP contribution in [0.25, 0.3) is 0 Å². The summed E-state index contributed by atoms with van der Waals surface area (Å²) < 4.78 is 11.8. The molecule has 0 saturated heterocycles. The summed E-state index contributed by atoms with van der Waals surface area (Å²) in [4.78, 5) is 0. The molecule has 0 amide bonds. The lowest BCUT2D eigenvalue weighted by Gasteiger charge is -2.46. The van der Waals surface area contributed by atoms with Crippen molar-refractivity contribution in [3.05, 3.63) is 11.8 Å². The average Bonchev–Trinajstić information content (AvgIpc) is 2.41. The van der Waals surface area contributed by atoms with Crippen molar-refractivity contribution in [3.63, 3.8) is 0 Å². The molecule has 1 saturated carbocycles. The molecule has 19 heavy (non-hydrogen) atoms. The summed E-state index contributed by atoms with van der Waals surface area (Å²) in [7, 11) is 2.06. The Balaban J connectivity index is 2.21. The molecule has 3 atom stereocenters. The molecular formula is C16H29NO2. The summed E-state index contributed by atoms with van der Waals surface area (Å²) in [5.74, 6) is 0.751. The van der Waals surface area contributed by atoms with Crippen molar-refractivity contribution in [3.8, 4) is 0 Å². The molecule has 3 nitrogen and oxygen atoms in total. The normalized spacial score (nSPS) is 33.4. The van der Waals surface area contributed by atoms with E-state index in [1.165, 1.54) is 18.4 Å². The van der Waals surface area contributed by atoms with Crippen molar-refractivity contribution in [1.82, 2.24) is 5.32 Å². The summed E-state index contributed by atoms with van der Waals surface area (Å²) in [6.45, 7) is 6.11. The van der Waals surface area contributed by atoms with Crippen LogP contribution in [0.5, 0.6) is 0 Å². The lowest BCUT2D eigenvalue weighted by Crippen LogP contribution is -2.55. The van der Waals surface area contributed by atoms with E-state index in [1.807, 2.05) is 6.26 Å². The van der Waals surface area contributed by atoms with Crippen LogP contribution in [0, 0.1) is 5.92 Å². The average molecular weight is 267 g/mol. The Labute approximate surface area is 117 Å². The molecule has 0 aromatic heterocycles. The number of hydrogen-bond donors (Lipinski definition) is 1. The van der Waals surface area contributed by atoms with Crippen LogP contribution in [0.2, 0.25) is 0 Å². The van der Waals surface area contributed by atoms with Crippen molar-refractivity contribution in [2.24, 2.45) is 5.92 Å². The van der Waals surface area contributed by atoms with Gasteiger partial charge in [0.15, 0.2) is 0 Å². The predicted octanol–water partition coefficient (Wildman–Crippen LogP) is 3.25. The van der Waals surface area contributed by atoms with E-state index >= 15 is 0 Å². The highest BCUT2D eigenvalue weighted by Crippen LogP contribution is 2.40. The fraction of sp³-hybridized carbons (Fsp3) is 0.875. The summed E-state index contributed by atoms with van der Waals surface area (Å²) in [5, 5.41) is 3.51. The number of rotatable bonds is 5. The molecule has 1 heterocycles. The Hall–Kier alpha value is -0.540. The molecule has 110 valence electrons. The van der Waals surface area contributed by atoms with Gasteiger partial charge in [0, 0.05) is 6.61 Å². The summed E-state index contributed by atoms with van der Waals surface area (Å²) in [6.07, 6.45) is 9.16. The van der Waals surface area contributed by atoms with Gasteiger partial charge in [0.25, 0.3) is 0 Å². The largest absolute Gasteiger partial charge is 0.501 e. The van der Waals surface area contributed by atoms with E-state index in [4.69, 9.17) is 9.47 Å². The summed E-state index contributed by atoms with van der Waals surface area (Å²) in [6, 6.07) is 0.301. The van der Waals surface area contributed by atoms with Crippen molar-refractivity contribution >= 4 is 0 Å². The molecule has 2 rings (SSSR count). The smallest absolute Gasteiger partial charge is 0.0876 e. The van der Waals surface area contributed by atoms with Gasteiger partial charge < -0.3 is 14.8 Å². The van der Waals surface area contributed by atoms with Gasteiger partial charge in [-0.15, -0.1) is 0 Å². The molecular weight excluding hydrogens is 238 g/mol. The molecule has 3 heteroatoms. The standard InChI is InChI=1S/C16H29NO2/c1-4-19-16(9-5-7-13(2)11-16)15(17-3)14-8-6-10-18-12-14/h12-13,15,17H,4-11H2,1-3H3. The Morgan fingerprint density at radius 3 is 2.95 bits per heavy atom. The number of hydrogen-bond acceptors (Lipinski definition) is 3. The second-order valence-electron chi connectivity index (χ2n) is 6.09. The number of ether oxygens (including phenoxy) is 2. The zero-order valence-corrected chi connectivity index (χ0v) is 12.7. The second kappa shape index (κ2) is 6.76. The minimum Gasteiger partial charge on any atom is -0.501 e. The van der Waals surface area contributed by atoms with Crippen LogP contribution in [-0.2, 0) is 9.47 Å². The van der Waals surface area contributed by atoms with Gasteiger partial charge in [-0.1, -0.05) is 19.8 Å². The molecule has 0 radical (unpaired) electrons. The fourth-order valence-corrected chi connectivity index (χ4v) is 3.89. The maximum atomic E-state index is 6.29. The van der Waals surface area contributed by atoms with Crippen molar-refractivity contribution in [1.29, 1.82) is 0 Å². The van der Waals surface area contributed by atoms with E-state index in [0.29, 0.717) is 6.04 Å². The van der Waals surface area contributed by atoms with Crippen LogP contribution in [-0.4, -0.2) is 31.9 Å². The Bertz CT molecular complexity index is 312. The van der Waals surface area contributed by atoms with E-state index in [1.54, 1.807) is 0 Å². The third-order valence-corrected chi connectivity index (χ3v) is 4.57. The van der Waals surface area contributed by atoms with Gasteiger partial charge in [0.2, 0.25) is 0 Å². The topological polar surface area (TPSA) is 30.5 Å². The molecule has 1 N–H and O–H groups in total. The second-order valence-corrected chi connectivity index (χ2v) is 6.09. The van der Waals surface area contributed by atoms with Gasteiger partial charge in [-0.25, -0.2) is 0 Å². The maximum Gasteiger partial charge on any atom is 0.0876 e. The SMILES string of the molecule is CCOC1(C(NC)C2=COCCC2)CCCC(C)C1. The Kier molecular flexibility index (Phi) is 5.28. The molecule has 1 aliphatic heterocycles. The van der Waals surface area contributed by atoms with E-state index in [9.17, 15) is 0 Å². The Morgan fingerprint density at radius 1 is 1.53 bits per heavy atom. The molecule has 1 fully saturated rings. The number of likely N-dealkylation sites (N-methyl/N-ethyl adjacent to an activating group) is 1. The van der Waals surface area contributed by atoms with Gasteiger partial charge in [-0.3, -0.25) is 0 Å². The van der Waals surface area contributed by atoms with Gasteiger partial charge >= 0.3 is 0 Å². The zero-order valence-electron chi connectivity index (χ0n) is 12.7. The highest BCUT2D eigenvalue weighted by molar-refractivity contribution is 5.18. The highest BCUT2D eigenvalue weighted by Gasteiger charge is 2.43. The van der Waals surface area contributed by atoms with E-state index in [2.05, 4.69) is 26.2 Å². The van der Waals surface area contributed by atoms with Crippen LogP contribution < -0.4 is 5.32 Å². The fourth-order valence-electron chi connectivity index (χ4n) is 3.89. The Morgan fingerprint density at radius 2 is 2.37 bits per heavy atom. The van der Waals surface area contributed by atoms with Crippen molar-refractivity contribution < 1.29 is 9.47 Å². The van der Waals surface area contributed by atoms with E-state index < -0.39 is 0 Å². The highest BCUT2D eigenvalue weighted by atomic mass is 16.5. The van der Waals surface area contributed by atoms with Gasteiger partial charge in [0.05, 0.1) is 24.5 Å². The molecule has 1 aliphatic carbocycles. The quantitative estimate of drug-likeness (QED) is 0.829. The van der Waals surface area contributed by atoms with Crippen LogP contribution >= 0.6 is 0 Å². The first-order valence-electron chi connectivity index (χ1n) is 7.83. The van der Waals surface area contributed by atoms with Crippen LogP contribution in [0.15, 0.2) is 11.8 Å².